The fourth-order valence-corrected chi connectivity index (χ4v) is 1.81. The van der Waals surface area contributed by atoms with E-state index in [0.29, 0.717) is 0 Å². The van der Waals surface area contributed by atoms with Crippen LogP contribution in [0.3, 0.4) is 0 Å². The van der Waals surface area contributed by atoms with Crippen LogP contribution >= 0.6 is 0 Å². The number of aryl methyl sites for hydroxylation is 3. The minimum absolute atomic E-state index is 0.730. The predicted octanol–water partition coefficient (Wildman–Crippen LogP) is 2.35. The van der Waals surface area contributed by atoms with Crippen molar-refractivity contribution in [1.29, 1.82) is 0 Å². The van der Waals surface area contributed by atoms with Gasteiger partial charge in [-0.2, -0.15) is 5.10 Å². The highest BCUT2D eigenvalue weighted by molar-refractivity contribution is 5.52. The lowest BCUT2D eigenvalue weighted by atomic mass is 10.2. The maximum Gasteiger partial charge on any atom is 0.0827 e. The highest BCUT2D eigenvalue weighted by atomic mass is 15.3. The lowest BCUT2D eigenvalue weighted by Crippen LogP contribution is -2.03. The normalized spacial score (nSPS) is 10.6. The van der Waals surface area contributed by atoms with Gasteiger partial charge in [-0.15, -0.1) is 0 Å². The van der Waals surface area contributed by atoms with Crippen molar-refractivity contribution in [2.45, 2.75) is 27.3 Å². The van der Waals surface area contributed by atoms with Crippen LogP contribution in [-0.2, 0) is 13.6 Å². The van der Waals surface area contributed by atoms with Crippen molar-refractivity contribution < 1.29 is 0 Å². The van der Waals surface area contributed by atoms with Crippen molar-refractivity contribution in [1.82, 2.24) is 14.8 Å². The van der Waals surface area contributed by atoms with Gasteiger partial charge in [0.1, 0.15) is 0 Å². The number of hydrogen-bond donors (Lipinski definition) is 1. The van der Waals surface area contributed by atoms with Gasteiger partial charge >= 0.3 is 0 Å². The van der Waals surface area contributed by atoms with Crippen LogP contribution in [-0.4, -0.2) is 14.8 Å². The number of anilines is 1. The fourth-order valence-electron chi connectivity index (χ4n) is 1.81. The standard InChI is InChI=1S/C13H18N4/c1-9-5-6-12(14-7-9)8-15-13-10(2)16-17(4)11(13)3/h5-7,15H,8H2,1-4H3. The molecule has 0 aliphatic rings. The van der Waals surface area contributed by atoms with Crippen LogP contribution in [0.5, 0.6) is 0 Å². The summed E-state index contributed by atoms with van der Waals surface area (Å²) < 4.78 is 1.89. The molecular weight excluding hydrogens is 212 g/mol. The second-order valence-electron chi connectivity index (χ2n) is 4.35. The van der Waals surface area contributed by atoms with Crippen LogP contribution in [0.15, 0.2) is 18.3 Å². The maximum atomic E-state index is 4.37. The molecule has 2 rings (SSSR count). The first-order chi connectivity index (χ1) is 8.08. The molecule has 0 unspecified atom stereocenters. The summed E-state index contributed by atoms with van der Waals surface area (Å²) in [5, 5.41) is 7.76. The predicted molar refractivity (Wildman–Crippen MR) is 69.0 cm³/mol. The third-order valence-electron chi connectivity index (χ3n) is 2.93. The van der Waals surface area contributed by atoms with Crippen molar-refractivity contribution in [2.75, 3.05) is 5.32 Å². The summed E-state index contributed by atoms with van der Waals surface area (Å²) in [6, 6.07) is 4.12. The van der Waals surface area contributed by atoms with E-state index in [2.05, 4.69) is 28.4 Å². The average molecular weight is 230 g/mol. The Kier molecular flexibility index (Phi) is 3.13. The highest BCUT2D eigenvalue weighted by Gasteiger charge is 2.08. The topological polar surface area (TPSA) is 42.7 Å². The van der Waals surface area contributed by atoms with E-state index in [9.17, 15) is 0 Å². The van der Waals surface area contributed by atoms with E-state index in [4.69, 9.17) is 0 Å². The summed E-state index contributed by atoms with van der Waals surface area (Å²) in [4.78, 5) is 4.37. The Morgan fingerprint density at radius 3 is 2.53 bits per heavy atom. The molecule has 0 spiro atoms. The van der Waals surface area contributed by atoms with Gasteiger partial charge in [-0.1, -0.05) is 6.07 Å². The van der Waals surface area contributed by atoms with Gasteiger partial charge in [-0.3, -0.25) is 9.67 Å². The van der Waals surface area contributed by atoms with Crippen LogP contribution in [0.25, 0.3) is 0 Å². The number of hydrogen-bond acceptors (Lipinski definition) is 3. The van der Waals surface area contributed by atoms with Gasteiger partial charge in [-0.05, 0) is 32.4 Å². The van der Waals surface area contributed by atoms with Gasteiger partial charge < -0.3 is 5.32 Å². The average Bonchev–Trinajstić information content (AvgIpc) is 2.54. The Balaban J connectivity index is 2.09. The van der Waals surface area contributed by atoms with Gasteiger partial charge in [-0.25, -0.2) is 0 Å². The zero-order chi connectivity index (χ0) is 12.4. The first-order valence-electron chi connectivity index (χ1n) is 5.73. The molecule has 0 bridgehead atoms. The van der Waals surface area contributed by atoms with Gasteiger partial charge in [0.25, 0.3) is 0 Å². The Bertz CT molecular complexity index is 511. The molecule has 0 aliphatic heterocycles. The van der Waals surface area contributed by atoms with Crippen LogP contribution in [0.1, 0.15) is 22.6 Å². The molecule has 0 amide bonds. The van der Waals surface area contributed by atoms with Crippen molar-refractivity contribution in [2.24, 2.45) is 7.05 Å². The Hall–Kier alpha value is -1.84. The molecule has 0 saturated carbocycles. The molecule has 1 N–H and O–H groups in total. The quantitative estimate of drug-likeness (QED) is 0.880. The molecule has 4 nitrogen and oxygen atoms in total. The molecule has 0 atom stereocenters. The molecule has 0 radical (unpaired) electrons. The van der Waals surface area contributed by atoms with E-state index in [0.717, 1.165) is 29.3 Å². The van der Waals surface area contributed by atoms with E-state index in [1.807, 2.05) is 37.8 Å². The first kappa shape index (κ1) is 11.6. The number of aromatic nitrogens is 3. The monoisotopic (exact) mass is 230 g/mol. The van der Waals surface area contributed by atoms with Gasteiger partial charge in [0.2, 0.25) is 0 Å². The first-order valence-corrected chi connectivity index (χ1v) is 5.73. The minimum Gasteiger partial charge on any atom is -0.376 e. The molecule has 2 aromatic heterocycles. The molecule has 4 heteroatoms. The third kappa shape index (κ3) is 2.46. The van der Waals surface area contributed by atoms with Gasteiger partial charge in [0.05, 0.1) is 29.3 Å². The lowest BCUT2D eigenvalue weighted by molar-refractivity contribution is 0.731. The highest BCUT2D eigenvalue weighted by Crippen LogP contribution is 2.18. The third-order valence-corrected chi connectivity index (χ3v) is 2.93. The van der Waals surface area contributed by atoms with E-state index in [1.165, 1.54) is 5.56 Å². The maximum absolute atomic E-state index is 4.37. The van der Waals surface area contributed by atoms with E-state index >= 15 is 0 Å². The molecule has 0 saturated heterocycles. The molecule has 90 valence electrons. The molecular formula is C13H18N4. The summed E-state index contributed by atoms with van der Waals surface area (Å²) in [5.41, 5.74) is 5.50. The molecule has 0 aromatic carbocycles. The fraction of sp³-hybridized carbons (Fsp3) is 0.385. The second kappa shape index (κ2) is 4.57. The Labute approximate surface area is 102 Å². The zero-order valence-corrected chi connectivity index (χ0v) is 10.8. The van der Waals surface area contributed by atoms with E-state index in [1.54, 1.807) is 0 Å². The van der Waals surface area contributed by atoms with Crippen LogP contribution in [0.4, 0.5) is 5.69 Å². The number of pyridine rings is 1. The summed E-state index contributed by atoms with van der Waals surface area (Å²) in [6.45, 7) is 6.84. The number of nitrogens with one attached hydrogen (secondary N) is 1. The number of nitrogens with zero attached hydrogens (tertiary/aromatic N) is 3. The summed E-state index contributed by atoms with van der Waals surface area (Å²) in [5.74, 6) is 0. The van der Waals surface area contributed by atoms with E-state index in [-0.39, 0.29) is 0 Å². The van der Waals surface area contributed by atoms with Crippen molar-refractivity contribution in [3.63, 3.8) is 0 Å². The van der Waals surface area contributed by atoms with Crippen molar-refractivity contribution >= 4 is 5.69 Å². The Morgan fingerprint density at radius 1 is 1.24 bits per heavy atom. The molecule has 17 heavy (non-hydrogen) atoms. The van der Waals surface area contributed by atoms with Crippen molar-refractivity contribution in [3.8, 4) is 0 Å². The Morgan fingerprint density at radius 2 is 2.00 bits per heavy atom. The van der Waals surface area contributed by atoms with E-state index < -0.39 is 0 Å². The van der Waals surface area contributed by atoms with Crippen molar-refractivity contribution in [3.05, 3.63) is 41.0 Å². The zero-order valence-electron chi connectivity index (χ0n) is 10.8. The molecule has 0 aliphatic carbocycles. The van der Waals surface area contributed by atoms with Gasteiger partial charge in [0, 0.05) is 13.2 Å². The second-order valence-corrected chi connectivity index (χ2v) is 4.35. The lowest BCUT2D eigenvalue weighted by Gasteiger charge is -2.06. The summed E-state index contributed by atoms with van der Waals surface area (Å²) >= 11 is 0. The van der Waals surface area contributed by atoms with Crippen LogP contribution in [0.2, 0.25) is 0 Å². The minimum atomic E-state index is 0.730. The van der Waals surface area contributed by atoms with Gasteiger partial charge in [0.15, 0.2) is 0 Å². The molecule has 2 heterocycles. The SMILES string of the molecule is Cc1ccc(CNc2c(C)nn(C)c2C)nc1. The number of rotatable bonds is 3. The summed E-state index contributed by atoms with van der Waals surface area (Å²) in [7, 11) is 1.96. The molecule has 0 fully saturated rings. The summed E-state index contributed by atoms with van der Waals surface area (Å²) in [6.07, 6.45) is 1.89. The molecule has 2 aromatic rings. The smallest absolute Gasteiger partial charge is 0.0827 e. The largest absolute Gasteiger partial charge is 0.376 e. The van der Waals surface area contributed by atoms with Crippen LogP contribution < -0.4 is 5.32 Å². The van der Waals surface area contributed by atoms with Crippen LogP contribution in [0, 0.1) is 20.8 Å².